The second kappa shape index (κ2) is 11.8. The number of aromatic nitrogens is 3. The predicted molar refractivity (Wildman–Crippen MR) is 120 cm³/mol. The number of esters is 1. The quantitative estimate of drug-likeness (QED) is 0.249. The molecule has 10 nitrogen and oxygen atoms in total. The third-order valence-corrected chi connectivity index (χ3v) is 6.64. The fourth-order valence-electron chi connectivity index (χ4n) is 3.73. The van der Waals surface area contributed by atoms with Crippen LogP contribution < -0.4 is 10.8 Å². The molecule has 1 aliphatic heterocycles. The molecule has 33 heavy (non-hydrogen) atoms. The van der Waals surface area contributed by atoms with Gasteiger partial charge in [0.1, 0.15) is 42.9 Å². The van der Waals surface area contributed by atoms with Crippen molar-refractivity contribution in [2.75, 3.05) is 25.6 Å². The average Bonchev–Trinajstić information content (AvgIpc) is 3.43. The maximum absolute atomic E-state index is 14.0. The molecule has 1 aliphatic rings. The van der Waals surface area contributed by atoms with Crippen LogP contribution in [0.1, 0.15) is 64.2 Å². The van der Waals surface area contributed by atoms with Gasteiger partial charge in [0.05, 0.1) is 12.3 Å². The Labute approximate surface area is 193 Å². The zero-order valence-electron chi connectivity index (χ0n) is 19.0. The molecule has 0 saturated carbocycles. The Morgan fingerprint density at radius 3 is 3.03 bits per heavy atom. The van der Waals surface area contributed by atoms with Crippen molar-refractivity contribution in [3.63, 3.8) is 0 Å². The van der Waals surface area contributed by atoms with Crippen molar-refractivity contribution in [2.45, 2.75) is 70.1 Å². The predicted octanol–water partition coefficient (Wildman–Crippen LogP) is 3.65. The second-order valence-electron chi connectivity index (χ2n) is 8.27. The van der Waals surface area contributed by atoms with E-state index < -0.39 is 38.6 Å². The van der Waals surface area contributed by atoms with Crippen molar-refractivity contribution in [3.8, 4) is 0 Å². The van der Waals surface area contributed by atoms with Gasteiger partial charge in [-0.25, -0.2) is 13.9 Å². The van der Waals surface area contributed by atoms with Gasteiger partial charge in [0.15, 0.2) is 5.82 Å². The first-order chi connectivity index (χ1) is 15.9. The van der Waals surface area contributed by atoms with E-state index in [1.807, 2.05) is 6.07 Å². The summed E-state index contributed by atoms with van der Waals surface area (Å²) in [5.74, 6) is -0.164. The molecule has 1 saturated heterocycles. The monoisotopic (exact) mass is 484 g/mol. The maximum atomic E-state index is 14.0. The van der Waals surface area contributed by atoms with Crippen LogP contribution in [0.25, 0.3) is 5.52 Å². The number of nitrogen functional groups attached to an aromatic ring is 1. The zero-order valence-corrected chi connectivity index (χ0v) is 19.9. The summed E-state index contributed by atoms with van der Waals surface area (Å²) in [5.41, 5.74) is 6.01. The van der Waals surface area contributed by atoms with E-state index in [1.165, 1.54) is 6.33 Å². The minimum atomic E-state index is -2.41. The molecule has 1 fully saturated rings. The molecular weight excluding hydrogens is 452 g/mol. The van der Waals surface area contributed by atoms with E-state index in [1.54, 1.807) is 17.5 Å². The van der Waals surface area contributed by atoms with Crippen LogP contribution in [0.5, 0.6) is 0 Å². The number of hydrogen-bond donors (Lipinski definition) is 2. The van der Waals surface area contributed by atoms with Gasteiger partial charge in [0.2, 0.25) is 0 Å². The molecule has 0 spiro atoms. The molecule has 0 amide bonds. The lowest BCUT2D eigenvalue weighted by Gasteiger charge is -2.23. The number of hydrogen-bond acceptors (Lipinski definition) is 8. The number of fused-ring (bicyclic) bond motifs is 1. The fraction of sp³-hybridized carbons (Fsp3) is 0.667. The Balaban J connectivity index is 1.49. The van der Waals surface area contributed by atoms with E-state index in [-0.39, 0.29) is 6.61 Å². The highest BCUT2D eigenvalue weighted by Gasteiger charge is 2.45. The highest BCUT2D eigenvalue weighted by atomic mass is 31.1. The third-order valence-electron chi connectivity index (χ3n) is 5.68. The number of nitrogens with two attached hydrogens (primary N) is 1. The summed E-state index contributed by atoms with van der Waals surface area (Å²) in [6.07, 6.45) is 5.81. The topological polar surface area (TPSA) is 130 Å². The number of alkyl halides is 1. The summed E-state index contributed by atoms with van der Waals surface area (Å²) < 4.78 is 44.4. The minimum Gasteiger partial charge on any atom is -0.464 e. The maximum Gasteiger partial charge on any atom is 0.613 e. The van der Waals surface area contributed by atoms with E-state index in [4.69, 9.17) is 19.7 Å². The van der Waals surface area contributed by atoms with Gasteiger partial charge in [-0.15, -0.1) is 4.52 Å². The average molecular weight is 484 g/mol. The molecule has 0 aromatic carbocycles. The van der Waals surface area contributed by atoms with Gasteiger partial charge in [0.25, 0.3) is 0 Å². The largest absolute Gasteiger partial charge is 0.613 e. The van der Waals surface area contributed by atoms with Crippen molar-refractivity contribution in [1.82, 2.24) is 19.7 Å². The number of rotatable bonds is 13. The SMILES string of the molecule is CCCCCCOC(=O)[C@H](C)N[P+](=O)OC[C@]1(CF)CC[C@H](c2ccc3c(N)ncnn23)O1. The van der Waals surface area contributed by atoms with E-state index in [9.17, 15) is 13.8 Å². The summed E-state index contributed by atoms with van der Waals surface area (Å²) in [5, 5.41) is 6.76. The first kappa shape index (κ1) is 25.4. The number of unbranched alkanes of at least 4 members (excludes halogenated alkanes) is 3. The molecule has 1 unspecified atom stereocenters. The van der Waals surface area contributed by atoms with Gasteiger partial charge in [0, 0.05) is 0 Å². The van der Waals surface area contributed by atoms with Crippen LogP contribution >= 0.6 is 8.18 Å². The van der Waals surface area contributed by atoms with Crippen LogP contribution in [0, 0.1) is 0 Å². The molecule has 12 heteroatoms. The fourth-order valence-corrected chi connectivity index (χ4v) is 4.58. The highest BCUT2D eigenvalue weighted by molar-refractivity contribution is 7.36. The van der Waals surface area contributed by atoms with Crippen LogP contribution in [-0.4, -0.2) is 52.1 Å². The number of nitrogens with zero attached hydrogens (tertiary/aromatic N) is 3. The Bertz CT molecular complexity index is 960. The number of halogens is 1. The molecule has 3 rings (SSSR count). The molecule has 182 valence electrons. The summed E-state index contributed by atoms with van der Waals surface area (Å²) in [7, 11) is -2.41. The molecule has 4 atom stereocenters. The number of anilines is 1. The summed E-state index contributed by atoms with van der Waals surface area (Å²) >= 11 is 0. The van der Waals surface area contributed by atoms with Crippen molar-refractivity contribution < 1.29 is 27.7 Å². The summed E-state index contributed by atoms with van der Waals surface area (Å²) in [6.45, 7) is 2.95. The van der Waals surface area contributed by atoms with Crippen LogP contribution in [0.4, 0.5) is 10.2 Å². The number of carbonyl (C=O) groups is 1. The Hall–Kier alpha value is -2.20. The van der Waals surface area contributed by atoms with Gasteiger partial charge in [-0.05, 0) is 42.9 Å². The lowest BCUT2D eigenvalue weighted by molar-refractivity contribution is -0.145. The number of nitrogens with one attached hydrogen (secondary N) is 1. The zero-order chi connectivity index (χ0) is 23.8. The molecule has 2 aromatic heterocycles. The van der Waals surface area contributed by atoms with E-state index in [0.29, 0.717) is 30.8 Å². The van der Waals surface area contributed by atoms with E-state index in [2.05, 4.69) is 22.1 Å². The normalized spacial score (nSPS) is 21.9. The minimum absolute atomic E-state index is 0.221. The Morgan fingerprint density at radius 1 is 1.45 bits per heavy atom. The van der Waals surface area contributed by atoms with Gasteiger partial charge in [-0.3, -0.25) is 4.79 Å². The van der Waals surface area contributed by atoms with Gasteiger partial charge < -0.3 is 15.2 Å². The van der Waals surface area contributed by atoms with Gasteiger partial charge >= 0.3 is 14.1 Å². The van der Waals surface area contributed by atoms with Crippen molar-refractivity contribution in [2.24, 2.45) is 0 Å². The molecule has 0 aliphatic carbocycles. The number of carbonyl (C=O) groups excluding carboxylic acids is 1. The first-order valence-corrected chi connectivity index (χ1v) is 12.4. The van der Waals surface area contributed by atoms with Crippen LogP contribution in [0.3, 0.4) is 0 Å². The first-order valence-electron chi connectivity index (χ1n) is 11.2. The lowest BCUT2D eigenvalue weighted by atomic mass is 10.0. The Kier molecular flexibility index (Phi) is 9.08. The van der Waals surface area contributed by atoms with Crippen LogP contribution in [-0.2, 0) is 23.4 Å². The smallest absolute Gasteiger partial charge is 0.464 e. The Morgan fingerprint density at radius 2 is 2.27 bits per heavy atom. The van der Waals surface area contributed by atoms with Crippen molar-refractivity contribution in [1.29, 1.82) is 0 Å². The third kappa shape index (κ3) is 6.44. The highest BCUT2D eigenvalue weighted by Crippen LogP contribution is 2.41. The van der Waals surface area contributed by atoms with Gasteiger partial charge in [-0.1, -0.05) is 31.3 Å². The van der Waals surface area contributed by atoms with Gasteiger partial charge in [-0.2, -0.15) is 5.10 Å². The van der Waals surface area contributed by atoms with E-state index >= 15 is 0 Å². The molecular formula is C21H32FN5O5P+. The molecule has 0 bridgehead atoms. The number of ether oxygens (including phenoxy) is 2. The molecule has 0 radical (unpaired) electrons. The van der Waals surface area contributed by atoms with E-state index in [0.717, 1.165) is 31.4 Å². The molecule has 2 aromatic rings. The lowest BCUT2D eigenvalue weighted by Crippen LogP contribution is -2.37. The summed E-state index contributed by atoms with van der Waals surface area (Å²) in [4.78, 5) is 16.0. The second-order valence-corrected chi connectivity index (χ2v) is 9.30. The molecule has 3 N–H and O–H groups in total. The summed E-state index contributed by atoms with van der Waals surface area (Å²) in [6, 6.07) is 2.79. The van der Waals surface area contributed by atoms with Crippen LogP contribution in [0.2, 0.25) is 0 Å². The molecule has 3 heterocycles. The standard InChI is InChI=1S/C21H32FN5O5P/c1-3-4-5-6-11-30-20(28)15(2)26-33(29)31-13-21(12-22)10-9-18(32-21)16-7-8-17-19(23)24-14-25-27(16)17/h7-8,14-15,18H,3-6,9-13H2,1-2H3,(H,26,29)(H2,23,24,25)/q+1/t15-,18+,21+/m0/s1. The van der Waals surface area contributed by atoms with Crippen molar-refractivity contribution >= 4 is 25.5 Å². The van der Waals surface area contributed by atoms with Crippen molar-refractivity contribution in [3.05, 3.63) is 24.2 Å². The van der Waals surface area contributed by atoms with Crippen LogP contribution in [0.15, 0.2) is 18.5 Å².